The third kappa shape index (κ3) is 3.03. The van der Waals surface area contributed by atoms with E-state index in [-0.39, 0.29) is 11.7 Å². The Morgan fingerprint density at radius 1 is 1.53 bits per heavy atom. The molecule has 92 valence electrons. The first-order valence-electron chi connectivity index (χ1n) is 5.81. The van der Waals surface area contributed by atoms with E-state index in [1.807, 2.05) is 19.1 Å². The van der Waals surface area contributed by atoms with Crippen molar-refractivity contribution in [1.82, 2.24) is 4.98 Å². The number of methoxy groups -OCH3 is 1. The molecule has 2 rings (SSSR count). The fourth-order valence-corrected chi connectivity index (χ4v) is 2.05. The quantitative estimate of drug-likeness (QED) is 0.797. The van der Waals surface area contributed by atoms with Crippen LogP contribution in [0.5, 0.6) is 5.75 Å². The first-order valence-corrected chi connectivity index (χ1v) is 5.81. The van der Waals surface area contributed by atoms with Gasteiger partial charge in [-0.15, -0.1) is 0 Å². The number of carbonyl (C=O) groups excluding carboxylic acids is 1. The summed E-state index contributed by atoms with van der Waals surface area (Å²) in [5.41, 5.74) is 1.80. The number of nitrogens with zero attached hydrogens (tertiary/aromatic N) is 1. The van der Waals surface area contributed by atoms with Crippen LogP contribution in [0.2, 0.25) is 0 Å². The summed E-state index contributed by atoms with van der Waals surface area (Å²) in [6.45, 7) is 2.99. The van der Waals surface area contributed by atoms with E-state index in [1.165, 1.54) is 0 Å². The Hall–Kier alpha value is -1.42. The molecule has 1 fully saturated rings. The molecule has 1 aliphatic rings. The minimum absolute atomic E-state index is 0.0530. The third-order valence-electron chi connectivity index (χ3n) is 2.94. The van der Waals surface area contributed by atoms with Gasteiger partial charge in [0.15, 0.2) is 0 Å². The molecule has 0 radical (unpaired) electrons. The molecule has 0 aliphatic carbocycles. The van der Waals surface area contributed by atoms with Crippen LogP contribution in [-0.4, -0.2) is 31.1 Å². The number of hydrogen-bond acceptors (Lipinski definition) is 4. The largest absolute Gasteiger partial charge is 0.497 e. The average Bonchev–Trinajstić information content (AvgIpc) is 2.31. The van der Waals surface area contributed by atoms with E-state index in [9.17, 15) is 4.79 Å². The lowest BCUT2D eigenvalue weighted by atomic mass is 9.95. The van der Waals surface area contributed by atoms with Crippen LogP contribution in [0, 0.1) is 12.8 Å². The van der Waals surface area contributed by atoms with Crippen molar-refractivity contribution >= 4 is 5.78 Å². The predicted octanol–water partition coefficient (Wildman–Crippen LogP) is 1.55. The molecule has 1 saturated heterocycles. The number of ketones is 1. The summed E-state index contributed by atoms with van der Waals surface area (Å²) in [5, 5.41) is 0. The number of rotatable bonds is 3. The highest BCUT2D eigenvalue weighted by Crippen LogP contribution is 2.19. The molecule has 0 spiro atoms. The zero-order chi connectivity index (χ0) is 12.3. The molecule has 4 heteroatoms. The van der Waals surface area contributed by atoms with E-state index in [0.29, 0.717) is 26.1 Å². The molecular weight excluding hydrogens is 218 g/mol. The number of aromatic nitrogens is 1. The van der Waals surface area contributed by atoms with Crippen molar-refractivity contribution in [3.8, 4) is 5.75 Å². The van der Waals surface area contributed by atoms with Crippen LogP contribution in [0.15, 0.2) is 12.1 Å². The van der Waals surface area contributed by atoms with Gasteiger partial charge in [-0.05, 0) is 6.92 Å². The van der Waals surface area contributed by atoms with Crippen molar-refractivity contribution in [3.63, 3.8) is 0 Å². The fraction of sp³-hybridized carbons (Fsp3) is 0.538. The average molecular weight is 235 g/mol. The summed E-state index contributed by atoms with van der Waals surface area (Å²) < 4.78 is 10.5. The van der Waals surface area contributed by atoms with E-state index in [2.05, 4.69) is 4.98 Å². The molecule has 17 heavy (non-hydrogen) atoms. The van der Waals surface area contributed by atoms with Crippen molar-refractivity contribution in [1.29, 1.82) is 0 Å². The molecule has 0 bridgehead atoms. The first kappa shape index (κ1) is 12.0. The fourth-order valence-electron chi connectivity index (χ4n) is 2.05. The van der Waals surface area contributed by atoms with Gasteiger partial charge in [-0.1, -0.05) is 0 Å². The van der Waals surface area contributed by atoms with Crippen molar-refractivity contribution in [2.24, 2.45) is 5.92 Å². The summed E-state index contributed by atoms with van der Waals surface area (Å²) in [6, 6.07) is 3.76. The maximum atomic E-state index is 11.7. The summed E-state index contributed by atoms with van der Waals surface area (Å²) in [4.78, 5) is 16.1. The molecule has 1 aliphatic heterocycles. The summed E-state index contributed by atoms with van der Waals surface area (Å²) in [7, 11) is 1.63. The van der Waals surface area contributed by atoms with Crippen LogP contribution in [0.25, 0.3) is 0 Å². The zero-order valence-electron chi connectivity index (χ0n) is 10.2. The highest BCUT2D eigenvalue weighted by molar-refractivity contribution is 5.82. The number of pyridine rings is 1. The van der Waals surface area contributed by atoms with Crippen LogP contribution in [-0.2, 0) is 16.0 Å². The first-order chi connectivity index (χ1) is 8.19. The SMILES string of the molecule is COc1cc(C)nc(CC2COCCC2=O)c1. The zero-order valence-corrected chi connectivity index (χ0v) is 10.2. The topological polar surface area (TPSA) is 48.4 Å². The molecule has 1 aromatic rings. The predicted molar refractivity (Wildman–Crippen MR) is 63.2 cm³/mol. The molecule has 0 amide bonds. The second kappa shape index (κ2) is 5.27. The Kier molecular flexibility index (Phi) is 3.74. The standard InChI is InChI=1S/C13H17NO3/c1-9-5-12(16-2)7-11(14-9)6-10-8-17-4-3-13(10)15/h5,7,10H,3-4,6,8H2,1-2H3. The molecule has 2 heterocycles. The number of carbonyl (C=O) groups is 1. The van der Waals surface area contributed by atoms with Crippen molar-refractivity contribution in [2.45, 2.75) is 19.8 Å². The number of ether oxygens (including phenoxy) is 2. The highest BCUT2D eigenvalue weighted by Gasteiger charge is 2.23. The second-order valence-corrected chi connectivity index (χ2v) is 4.33. The van der Waals surface area contributed by atoms with Crippen LogP contribution >= 0.6 is 0 Å². The molecule has 0 saturated carbocycles. The Balaban J connectivity index is 2.11. The second-order valence-electron chi connectivity index (χ2n) is 4.33. The summed E-state index contributed by atoms with van der Waals surface area (Å²) >= 11 is 0. The Bertz CT molecular complexity index is 417. The van der Waals surface area contributed by atoms with Gasteiger partial charge in [0.2, 0.25) is 0 Å². The van der Waals surface area contributed by atoms with E-state index >= 15 is 0 Å². The Labute approximate surface area is 101 Å². The maximum absolute atomic E-state index is 11.7. The number of hydrogen-bond donors (Lipinski definition) is 0. The normalized spacial score (nSPS) is 20.4. The molecule has 0 N–H and O–H groups in total. The van der Waals surface area contributed by atoms with Crippen molar-refractivity contribution in [2.75, 3.05) is 20.3 Å². The van der Waals surface area contributed by atoms with Gasteiger partial charge in [0.05, 0.1) is 20.3 Å². The molecular formula is C13H17NO3. The molecule has 4 nitrogen and oxygen atoms in total. The maximum Gasteiger partial charge on any atom is 0.140 e. The van der Waals surface area contributed by atoms with E-state index in [4.69, 9.17) is 9.47 Å². The van der Waals surface area contributed by atoms with Crippen molar-refractivity contribution in [3.05, 3.63) is 23.5 Å². The lowest BCUT2D eigenvalue weighted by molar-refractivity contribution is -0.130. The van der Waals surface area contributed by atoms with Gasteiger partial charge in [0.1, 0.15) is 11.5 Å². The lowest BCUT2D eigenvalue weighted by Gasteiger charge is -2.20. The van der Waals surface area contributed by atoms with Gasteiger partial charge in [-0.2, -0.15) is 0 Å². The molecule has 1 atom stereocenters. The minimum atomic E-state index is -0.0530. The lowest BCUT2D eigenvalue weighted by Crippen LogP contribution is -2.29. The summed E-state index contributed by atoms with van der Waals surface area (Å²) in [5.74, 6) is 1.01. The van der Waals surface area contributed by atoms with E-state index in [0.717, 1.165) is 17.1 Å². The number of aryl methyl sites for hydroxylation is 1. The van der Waals surface area contributed by atoms with Crippen LogP contribution in [0.4, 0.5) is 0 Å². The van der Waals surface area contributed by atoms with Crippen molar-refractivity contribution < 1.29 is 14.3 Å². The van der Waals surface area contributed by atoms with Gasteiger partial charge in [0.25, 0.3) is 0 Å². The number of Topliss-reactive ketones (excluding diaryl/α,β-unsaturated/α-hetero) is 1. The molecule has 1 unspecified atom stereocenters. The van der Waals surface area contributed by atoms with Gasteiger partial charge in [-0.25, -0.2) is 0 Å². The van der Waals surface area contributed by atoms with E-state index < -0.39 is 0 Å². The van der Waals surface area contributed by atoms with Crippen LogP contribution in [0.3, 0.4) is 0 Å². The van der Waals surface area contributed by atoms with Crippen LogP contribution in [0.1, 0.15) is 17.8 Å². The summed E-state index contributed by atoms with van der Waals surface area (Å²) in [6.07, 6.45) is 1.16. The van der Waals surface area contributed by atoms with Gasteiger partial charge in [-0.3, -0.25) is 9.78 Å². The Morgan fingerprint density at radius 2 is 2.35 bits per heavy atom. The van der Waals surface area contributed by atoms with Gasteiger partial charge >= 0.3 is 0 Å². The smallest absolute Gasteiger partial charge is 0.140 e. The minimum Gasteiger partial charge on any atom is -0.497 e. The third-order valence-corrected chi connectivity index (χ3v) is 2.94. The van der Waals surface area contributed by atoms with Crippen LogP contribution < -0.4 is 4.74 Å². The highest BCUT2D eigenvalue weighted by atomic mass is 16.5. The Morgan fingerprint density at radius 3 is 3.06 bits per heavy atom. The van der Waals surface area contributed by atoms with Gasteiger partial charge in [0, 0.05) is 42.3 Å². The van der Waals surface area contributed by atoms with Gasteiger partial charge < -0.3 is 9.47 Å². The van der Waals surface area contributed by atoms with E-state index in [1.54, 1.807) is 7.11 Å². The monoisotopic (exact) mass is 235 g/mol. The molecule has 0 aromatic carbocycles. The molecule has 1 aromatic heterocycles.